The molecule has 2 amide bonds. The molecule has 0 aromatic carbocycles. The molecule has 0 saturated carbocycles. The predicted octanol–water partition coefficient (Wildman–Crippen LogP) is 3.18. The lowest BCUT2D eigenvalue weighted by Gasteiger charge is -2.25. The lowest BCUT2D eigenvalue weighted by Crippen LogP contribution is -2.36. The molecule has 0 radical (unpaired) electrons. The van der Waals surface area contributed by atoms with Crippen molar-refractivity contribution in [3.63, 3.8) is 0 Å². The number of hydrogen-bond acceptors (Lipinski definition) is 4. The number of urea groups is 1. The van der Waals surface area contributed by atoms with Crippen molar-refractivity contribution in [3.05, 3.63) is 10.6 Å². The van der Waals surface area contributed by atoms with Crippen LogP contribution in [0.2, 0.25) is 0 Å². The zero-order valence-electron chi connectivity index (χ0n) is 11.4. The van der Waals surface area contributed by atoms with Crippen molar-refractivity contribution in [3.8, 4) is 0 Å². The largest absolute Gasteiger partial charge is 0.396 e. The second-order valence-corrected chi connectivity index (χ2v) is 6.36. The molecule has 0 aliphatic heterocycles. The zero-order chi connectivity index (χ0) is 14.0. The number of rotatable bonds is 9. The fourth-order valence-corrected chi connectivity index (χ4v) is 3.71. The van der Waals surface area contributed by atoms with Gasteiger partial charge >= 0.3 is 6.03 Å². The molecule has 0 aromatic rings. The van der Waals surface area contributed by atoms with Gasteiger partial charge in [0, 0.05) is 35.9 Å². The van der Waals surface area contributed by atoms with Crippen molar-refractivity contribution in [2.45, 2.75) is 40.0 Å². The van der Waals surface area contributed by atoms with Crippen LogP contribution >= 0.6 is 21.6 Å². The standard InChI is InChI=1S/C12H24N2O2S2/c1-4-8-14(12(13)16)10(5-2)11(7-9-15)18-17-6-3/h15H,4-9H2,1-3H3,(H2,13,16)/b11-10-. The first-order valence-corrected chi connectivity index (χ1v) is 8.63. The van der Waals surface area contributed by atoms with Gasteiger partial charge in [0.2, 0.25) is 0 Å². The lowest BCUT2D eigenvalue weighted by atomic mass is 10.2. The first-order chi connectivity index (χ1) is 8.62. The first-order valence-electron chi connectivity index (χ1n) is 6.31. The summed E-state index contributed by atoms with van der Waals surface area (Å²) >= 11 is 0. The molecule has 0 aliphatic rings. The van der Waals surface area contributed by atoms with Crippen molar-refractivity contribution in [2.24, 2.45) is 5.73 Å². The number of primary amides is 1. The summed E-state index contributed by atoms with van der Waals surface area (Å²) in [4.78, 5) is 14.2. The van der Waals surface area contributed by atoms with Crippen LogP contribution in [0.15, 0.2) is 10.6 Å². The maximum Gasteiger partial charge on any atom is 0.319 e. The van der Waals surface area contributed by atoms with Gasteiger partial charge in [-0.3, -0.25) is 4.90 Å². The third kappa shape index (κ3) is 6.02. The molecule has 0 aliphatic carbocycles. The van der Waals surface area contributed by atoms with E-state index in [1.807, 2.05) is 13.8 Å². The van der Waals surface area contributed by atoms with Gasteiger partial charge in [0.25, 0.3) is 0 Å². The molecule has 0 fully saturated rings. The Morgan fingerprint density at radius 1 is 1.33 bits per heavy atom. The van der Waals surface area contributed by atoms with Crippen LogP contribution in [0.3, 0.4) is 0 Å². The molecule has 0 unspecified atom stereocenters. The van der Waals surface area contributed by atoms with E-state index in [0.717, 1.165) is 29.2 Å². The number of carbonyl (C=O) groups is 1. The molecule has 6 heteroatoms. The minimum Gasteiger partial charge on any atom is -0.396 e. The molecule has 3 N–H and O–H groups in total. The van der Waals surface area contributed by atoms with E-state index >= 15 is 0 Å². The van der Waals surface area contributed by atoms with Gasteiger partial charge < -0.3 is 10.8 Å². The Balaban J connectivity index is 5.14. The summed E-state index contributed by atoms with van der Waals surface area (Å²) in [6.45, 7) is 6.83. The van der Waals surface area contributed by atoms with Gasteiger partial charge in [0.1, 0.15) is 0 Å². The highest BCUT2D eigenvalue weighted by Crippen LogP contribution is 2.36. The topological polar surface area (TPSA) is 66.6 Å². The molecule has 0 heterocycles. The van der Waals surface area contributed by atoms with E-state index < -0.39 is 6.03 Å². The number of carbonyl (C=O) groups excluding carboxylic acids is 1. The number of hydrogen-bond donors (Lipinski definition) is 2. The summed E-state index contributed by atoms with van der Waals surface area (Å²) in [5, 5.41) is 9.14. The van der Waals surface area contributed by atoms with Gasteiger partial charge in [-0.1, -0.05) is 42.4 Å². The molecule has 0 rings (SSSR count). The van der Waals surface area contributed by atoms with Crippen LogP contribution in [0.4, 0.5) is 4.79 Å². The predicted molar refractivity (Wildman–Crippen MR) is 81.3 cm³/mol. The maximum absolute atomic E-state index is 11.5. The monoisotopic (exact) mass is 292 g/mol. The molecule has 18 heavy (non-hydrogen) atoms. The quantitative estimate of drug-likeness (QED) is 0.641. The number of aliphatic hydroxyl groups excluding tert-OH is 1. The molecule has 0 saturated heterocycles. The van der Waals surface area contributed by atoms with Crippen molar-refractivity contribution >= 4 is 27.6 Å². The average molecular weight is 292 g/mol. The molecule has 4 nitrogen and oxygen atoms in total. The number of allylic oxidation sites excluding steroid dienone is 1. The van der Waals surface area contributed by atoms with E-state index in [1.165, 1.54) is 0 Å². The summed E-state index contributed by atoms with van der Waals surface area (Å²) in [5.41, 5.74) is 6.38. The fraction of sp³-hybridized carbons (Fsp3) is 0.750. The molecule has 0 spiro atoms. The summed E-state index contributed by atoms with van der Waals surface area (Å²) in [6.07, 6.45) is 2.19. The highest BCUT2D eigenvalue weighted by Gasteiger charge is 2.17. The fourth-order valence-electron chi connectivity index (χ4n) is 1.61. The van der Waals surface area contributed by atoms with Crippen LogP contribution in [-0.2, 0) is 0 Å². The van der Waals surface area contributed by atoms with Crippen molar-refractivity contribution in [1.29, 1.82) is 0 Å². The van der Waals surface area contributed by atoms with Gasteiger partial charge in [0.05, 0.1) is 0 Å². The third-order valence-electron chi connectivity index (χ3n) is 2.31. The number of nitrogens with zero attached hydrogens (tertiary/aromatic N) is 1. The Labute approximate surface area is 118 Å². The van der Waals surface area contributed by atoms with Gasteiger partial charge in [-0.15, -0.1) is 0 Å². The minimum atomic E-state index is -0.411. The SMILES string of the molecule is CCCN(C(N)=O)/C(CC)=C(/CCO)SSCC. The van der Waals surface area contributed by atoms with Crippen LogP contribution in [0.5, 0.6) is 0 Å². The maximum atomic E-state index is 11.5. The minimum absolute atomic E-state index is 0.0921. The highest BCUT2D eigenvalue weighted by molar-refractivity contribution is 8.78. The number of amides is 2. The molecule has 106 valence electrons. The zero-order valence-corrected chi connectivity index (χ0v) is 13.1. The molecule has 0 atom stereocenters. The van der Waals surface area contributed by atoms with Crippen molar-refractivity contribution in [1.82, 2.24) is 4.90 Å². The van der Waals surface area contributed by atoms with Crippen LogP contribution in [0.1, 0.15) is 40.0 Å². The summed E-state index contributed by atoms with van der Waals surface area (Å²) < 4.78 is 0. The van der Waals surface area contributed by atoms with Gasteiger partial charge in [-0.05, 0) is 12.8 Å². The second-order valence-electron chi connectivity index (χ2n) is 3.68. The van der Waals surface area contributed by atoms with Gasteiger partial charge in [0.15, 0.2) is 0 Å². The lowest BCUT2D eigenvalue weighted by molar-refractivity contribution is 0.218. The van der Waals surface area contributed by atoms with E-state index in [9.17, 15) is 4.79 Å². The van der Waals surface area contributed by atoms with E-state index in [1.54, 1.807) is 26.5 Å². The summed E-state index contributed by atoms with van der Waals surface area (Å²) in [5.74, 6) is 0.987. The summed E-state index contributed by atoms with van der Waals surface area (Å²) in [7, 11) is 3.35. The van der Waals surface area contributed by atoms with Crippen LogP contribution in [0.25, 0.3) is 0 Å². The van der Waals surface area contributed by atoms with E-state index in [4.69, 9.17) is 10.8 Å². The Hall–Kier alpha value is -0.330. The Morgan fingerprint density at radius 3 is 2.39 bits per heavy atom. The van der Waals surface area contributed by atoms with Crippen LogP contribution in [-0.4, -0.2) is 34.9 Å². The van der Waals surface area contributed by atoms with E-state index in [0.29, 0.717) is 13.0 Å². The second kappa shape index (κ2) is 10.6. The van der Waals surface area contributed by atoms with Crippen molar-refractivity contribution < 1.29 is 9.90 Å². The average Bonchev–Trinajstić information content (AvgIpc) is 2.35. The van der Waals surface area contributed by atoms with Crippen LogP contribution in [0, 0.1) is 0 Å². The number of nitrogens with two attached hydrogens (primary N) is 1. The normalized spacial score (nSPS) is 12.2. The molecular formula is C12H24N2O2S2. The number of aliphatic hydroxyl groups is 1. The third-order valence-corrected chi connectivity index (χ3v) is 4.97. The van der Waals surface area contributed by atoms with Crippen molar-refractivity contribution in [2.75, 3.05) is 18.9 Å². The Morgan fingerprint density at radius 2 is 2.00 bits per heavy atom. The highest BCUT2D eigenvalue weighted by atomic mass is 33.1. The first kappa shape index (κ1) is 17.7. The molecule has 0 bridgehead atoms. The molecule has 0 aromatic heterocycles. The van der Waals surface area contributed by atoms with E-state index in [2.05, 4.69) is 6.92 Å². The van der Waals surface area contributed by atoms with E-state index in [-0.39, 0.29) is 6.61 Å². The summed E-state index contributed by atoms with van der Waals surface area (Å²) in [6, 6.07) is -0.411. The smallest absolute Gasteiger partial charge is 0.319 e. The molecular weight excluding hydrogens is 268 g/mol. The van der Waals surface area contributed by atoms with Gasteiger partial charge in [-0.2, -0.15) is 0 Å². The Bertz CT molecular complexity index is 283. The van der Waals surface area contributed by atoms with Gasteiger partial charge in [-0.25, -0.2) is 4.79 Å². The Kier molecular flexibility index (Phi) is 10.4. The van der Waals surface area contributed by atoms with Crippen LogP contribution < -0.4 is 5.73 Å².